The molecule has 1 aromatic rings. The molecule has 0 fully saturated rings. The second-order valence-corrected chi connectivity index (χ2v) is 8.17. The Morgan fingerprint density at radius 2 is 1.68 bits per heavy atom. The summed E-state index contributed by atoms with van der Waals surface area (Å²) >= 11 is 0. The van der Waals surface area contributed by atoms with Crippen molar-refractivity contribution >= 4 is 16.1 Å². The van der Waals surface area contributed by atoms with Gasteiger partial charge in [-0.1, -0.05) is 24.3 Å². The van der Waals surface area contributed by atoms with E-state index in [1.54, 1.807) is 32.9 Å². The number of esters is 1. The van der Waals surface area contributed by atoms with Gasteiger partial charge in [0, 0.05) is 12.0 Å². The fraction of sp³-hybridized carbons (Fsp3) is 0.500. The summed E-state index contributed by atoms with van der Waals surface area (Å²) in [4.78, 5) is 11.8. The van der Waals surface area contributed by atoms with Gasteiger partial charge in [-0.2, -0.15) is 8.42 Å². The predicted molar refractivity (Wildman–Crippen MR) is 94.7 cm³/mol. The molecule has 7 heteroatoms. The molecule has 0 aromatic heterocycles. The van der Waals surface area contributed by atoms with Crippen LogP contribution in [0.2, 0.25) is 0 Å². The van der Waals surface area contributed by atoms with Crippen molar-refractivity contribution in [3.8, 4) is 0 Å². The van der Waals surface area contributed by atoms with E-state index in [2.05, 4.69) is 6.58 Å². The van der Waals surface area contributed by atoms with Crippen LogP contribution in [0.3, 0.4) is 0 Å². The fourth-order valence-electron chi connectivity index (χ4n) is 1.73. The van der Waals surface area contributed by atoms with Crippen LogP contribution in [-0.2, 0) is 28.6 Å². The Morgan fingerprint density at radius 3 is 2.24 bits per heavy atom. The van der Waals surface area contributed by atoms with Crippen LogP contribution >= 0.6 is 0 Å². The smallest absolute Gasteiger partial charge is 0.334 e. The summed E-state index contributed by atoms with van der Waals surface area (Å²) in [6.45, 7) is 11.1. The fourth-order valence-corrected chi connectivity index (χ4v) is 2.62. The molecule has 1 rings (SSSR count). The Hall–Kier alpha value is -1.70. The van der Waals surface area contributed by atoms with Crippen molar-refractivity contribution in [3.05, 3.63) is 42.0 Å². The number of carbonyl (C=O) groups is 1. The number of aryl methyl sites for hydroxylation is 1. The van der Waals surface area contributed by atoms with Gasteiger partial charge in [-0.25, -0.2) is 4.79 Å². The molecular formula is C18H26O6S. The van der Waals surface area contributed by atoms with E-state index in [1.165, 1.54) is 12.1 Å². The molecule has 0 amide bonds. The van der Waals surface area contributed by atoms with E-state index in [0.717, 1.165) is 5.56 Å². The zero-order valence-corrected chi connectivity index (χ0v) is 16.0. The molecule has 0 saturated heterocycles. The number of ether oxygens (including phenoxy) is 2. The van der Waals surface area contributed by atoms with E-state index in [1.807, 2.05) is 6.92 Å². The maximum absolute atomic E-state index is 12.0. The molecule has 0 aliphatic rings. The molecule has 1 aromatic carbocycles. The van der Waals surface area contributed by atoms with Gasteiger partial charge in [-0.15, -0.1) is 0 Å². The molecule has 0 heterocycles. The summed E-state index contributed by atoms with van der Waals surface area (Å²) in [7, 11) is -3.79. The van der Waals surface area contributed by atoms with Crippen LogP contribution < -0.4 is 0 Å². The summed E-state index contributed by atoms with van der Waals surface area (Å²) in [5, 5.41) is 0. The van der Waals surface area contributed by atoms with Crippen LogP contribution in [0, 0.1) is 6.92 Å². The van der Waals surface area contributed by atoms with Crippen molar-refractivity contribution in [2.24, 2.45) is 0 Å². The number of hydrogen-bond donors (Lipinski definition) is 0. The Bertz CT molecular complexity index is 683. The highest BCUT2D eigenvalue weighted by Crippen LogP contribution is 2.13. The van der Waals surface area contributed by atoms with E-state index in [0.29, 0.717) is 12.0 Å². The lowest BCUT2D eigenvalue weighted by Gasteiger charge is -2.20. The average Bonchev–Trinajstić information content (AvgIpc) is 2.49. The summed E-state index contributed by atoms with van der Waals surface area (Å²) in [6.07, 6.45) is 0.305. The highest BCUT2D eigenvalue weighted by molar-refractivity contribution is 7.86. The second kappa shape index (κ2) is 9.12. The third-order valence-electron chi connectivity index (χ3n) is 3.01. The molecule has 0 bridgehead atoms. The summed E-state index contributed by atoms with van der Waals surface area (Å²) in [5.74, 6) is -0.464. The zero-order chi connectivity index (χ0) is 19.1. The van der Waals surface area contributed by atoms with Gasteiger partial charge in [-0.05, 0) is 39.8 Å². The number of rotatable bonds is 9. The van der Waals surface area contributed by atoms with Gasteiger partial charge in [0.05, 0.1) is 24.7 Å². The quantitative estimate of drug-likeness (QED) is 0.288. The molecule has 0 spiro atoms. The number of benzene rings is 1. The molecular weight excluding hydrogens is 344 g/mol. The number of hydrogen-bond acceptors (Lipinski definition) is 6. The minimum Gasteiger partial charge on any atom is -0.457 e. The predicted octanol–water partition coefficient (Wildman–Crippen LogP) is 3.00. The molecule has 0 aliphatic heterocycles. The van der Waals surface area contributed by atoms with Gasteiger partial charge in [-0.3, -0.25) is 4.18 Å². The van der Waals surface area contributed by atoms with Crippen molar-refractivity contribution in [1.82, 2.24) is 0 Å². The first kappa shape index (κ1) is 21.3. The Kier molecular flexibility index (Phi) is 7.79. The molecule has 0 radical (unpaired) electrons. The highest BCUT2D eigenvalue weighted by atomic mass is 32.2. The van der Waals surface area contributed by atoms with Crippen LogP contribution in [0.5, 0.6) is 0 Å². The molecule has 0 unspecified atom stereocenters. The van der Waals surface area contributed by atoms with E-state index in [4.69, 9.17) is 13.7 Å². The van der Waals surface area contributed by atoms with E-state index < -0.39 is 21.7 Å². The lowest BCUT2D eigenvalue weighted by Crippen LogP contribution is -2.25. The van der Waals surface area contributed by atoms with Crippen LogP contribution in [-0.4, -0.2) is 39.8 Å². The minimum absolute atomic E-state index is 0.0900. The summed E-state index contributed by atoms with van der Waals surface area (Å²) in [6, 6.07) is 6.40. The molecule has 0 saturated carbocycles. The van der Waals surface area contributed by atoms with E-state index in [9.17, 15) is 13.2 Å². The maximum Gasteiger partial charge on any atom is 0.334 e. The minimum atomic E-state index is -3.79. The Morgan fingerprint density at radius 1 is 1.08 bits per heavy atom. The SMILES string of the molecule is C=C(CCOCCOS(=O)(=O)c1ccc(C)cc1)C(=O)OC(C)(C)C. The molecule has 140 valence electrons. The summed E-state index contributed by atoms with van der Waals surface area (Å²) < 4.78 is 39.3. The maximum atomic E-state index is 12.0. The van der Waals surface area contributed by atoms with Crippen molar-refractivity contribution < 1.29 is 26.9 Å². The van der Waals surface area contributed by atoms with Crippen molar-refractivity contribution in [3.63, 3.8) is 0 Å². The largest absolute Gasteiger partial charge is 0.457 e. The standard InChI is InChI=1S/C18H26O6S/c1-14-6-8-16(9-7-14)25(20,21)23-13-12-22-11-10-15(2)17(19)24-18(3,4)5/h6-9H,2,10-13H2,1,3-5H3. The van der Waals surface area contributed by atoms with Gasteiger partial charge >= 0.3 is 5.97 Å². The topological polar surface area (TPSA) is 78.9 Å². The number of carbonyl (C=O) groups excluding carboxylic acids is 1. The van der Waals surface area contributed by atoms with Gasteiger partial charge in [0.25, 0.3) is 10.1 Å². The highest BCUT2D eigenvalue weighted by Gasteiger charge is 2.18. The van der Waals surface area contributed by atoms with Crippen LogP contribution in [0.25, 0.3) is 0 Å². The molecule has 0 N–H and O–H groups in total. The van der Waals surface area contributed by atoms with Gasteiger partial charge < -0.3 is 9.47 Å². The normalized spacial score (nSPS) is 12.0. The van der Waals surface area contributed by atoms with Crippen molar-refractivity contribution in [2.45, 2.75) is 44.6 Å². The van der Waals surface area contributed by atoms with Gasteiger partial charge in [0.1, 0.15) is 5.60 Å². The average molecular weight is 370 g/mol. The van der Waals surface area contributed by atoms with Crippen molar-refractivity contribution in [1.29, 1.82) is 0 Å². The van der Waals surface area contributed by atoms with Gasteiger partial charge in [0.2, 0.25) is 0 Å². The molecule has 0 aliphatic carbocycles. The van der Waals surface area contributed by atoms with Crippen LogP contribution in [0.4, 0.5) is 0 Å². The van der Waals surface area contributed by atoms with Crippen molar-refractivity contribution in [2.75, 3.05) is 19.8 Å². The molecule has 6 nitrogen and oxygen atoms in total. The van der Waals surface area contributed by atoms with E-state index >= 15 is 0 Å². The Labute approximate surface area is 149 Å². The third-order valence-corrected chi connectivity index (χ3v) is 4.34. The molecule has 25 heavy (non-hydrogen) atoms. The lowest BCUT2D eigenvalue weighted by atomic mass is 10.1. The first-order valence-electron chi connectivity index (χ1n) is 7.96. The zero-order valence-electron chi connectivity index (χ0n) is 15.2. The van der Waals surface area contributed by atoms with Gasteiger partial charge in [0.15, 0.2) is 0 Å². The molecule has 0 atom stereocenters. The Balaban J connectivity index is 2.27. The first-order chi connectivity index (χ1) is 11.5. The van der Waals surface area contributed by atoms with Crippen LogP contribution in [0.15, 0.2) is 41.3 Å². The third kappa shape index (κ3) is 8.29. The summed E-state index contributed by atoms with van der Waals surface area (Å²) in [5.41, 5.74) is 0.703. The van der Waals surface area contributed by atoms with Crippen LogP contribution in [0.1, 0.15) is 32.8 Å². The monoisotopic (exact) mass is 370 g/mol. The second-order valence-electron chi connectivity index (χ2n) is 6.56. The lowest BCUT2D eigenvalue weighted by molar-refractivity contribution is -0.150. The van der Waals surface area contributed by atoms with E-state index in [-0.39, 0.29) is 24.7 Å². The first-order valence-corrected chi connectivity index (χ1v) is 9.37.